The first-order chi connectivity index (χ1) is 21.2. The minimum Gasteiger partial charge on any atom is -0.507 e. The lowest BCUT2D eigenvalue weighted by Gasteiger charge is -2.65. The molecule has 2 saturated carbocycles. The van der Waals surface area contributed by atoms with E-state index in [1.807, 2.05) is 0 Å². The highest BCUT2D eigenvalue weighted by Crippen LogP contribution is 2.66. The first-order valence-corrected chi connectivity index (χ1v) is 15.7. The number of aliphatic hydroxyl groups excluding tert-OH is 1. The predicted octanol–water partition coefficient (Wildman–Crippen LogP) is 2.57. The van der Waals surface area contributed by atoms with E-state index < -0.39 is 104 Å². The lowest BCUT2D eigenvalue weighted by molar-refractivity contribution is -0.240. The van der Waals surface area contributed by atoms with Gasteiger partial charge in [-0.05, 0) is 30.2 Å². The van der Waals surface area contributed by atoms with Crippen LogP contribution in [0.1, 0.15) is 89.2 Å². The number of esters is 1. The molecule has 46 heavy (non-hydrogen) atoms. The van der Waals surface area contributed by atoms with Crippen LogP contribution in [-0.2, 0) is 39.9 Å². The normalized spacial score (nSPS) is 34.6. The van der Waals surface area contributed by atoms with Gasteiger partial charge >= 0.3 is 5.97 Å². The van der Waals surface area contributed by atoms with Crippen LogP contribution in [0.4, 0.5) is 0 Å². The van der Waals surface area contributed by atoms with Crippen LogP contribution in [0, 0.1) is 46.3 Å². The number of ether oxygens (including phenoxy) is 1. The standard InChI is InChI=1S/C35H44O11/c1-14(2)21(31(43)46-9)13-19(37)12-18-10-11-20-16(5)33(7)25(28(40)23(20)26(18)38)30(42)35(45)29(41)22(17(6)36)27(39)24(15(3)4)34(35,8)32(33)44/h10-11,14-16,21-22,24-25,32,38,44-45H,12-13H2,1-9H3/t16-,21?,22?,24?,25?,32-,33+,34+,35+/m1/s1. The van der Waals surface area contributed by atoms with Crippen molar-refractivity contribution in [3.8, 4) is 5.75 Å². The van der Waals surface area contributed by atoms with E-state index in [4.69, 9.17) is 4.74 Å². The van der Waals surface area contributed by atoms with Crippen molar-refractivity contribution in [2.75, 3.05) is 7.11 Å². The van der Waals surface area contributed by atoms with Crippen molar-refractivity contribution < 1.29 is 53.6 Å². The molecule has 9 atom stereocenters. The molecule has 0 spiro atoms. The molecule has 0 aromatic heterocycles. The first kappa shape index (κ1) is 35.3. The quantitative estimate of drug-likeness (QED) is 0.280. The highest BCUT2D eigenvalue weighted by atomic mass is 16.5. The van der Waals surface area contributed by atoms with Crippen LogP contribution >= 0.6 is 0 Å². The van der Waals surface area contributed by atoms with E-state index in [2.05, 4.69) is 0 Å². The largest absolute Gasteiger partial charge is 0.507 e. The molecule has 2 fully saturated rings. The number of phenolic OH excluding ortho intramolecular Hbond substituents is 1. The molecule has 3 aliphatic rings. The van der Waals surface area contributed by atoms with E-state index in [1.54, 1.807) is 34.6 Å². The van der Waals surface area contributed by atoms with Crippen LogP contribution < -0.4 is 0 Å². The third-order valence-electron chi connectivity index (χ3n) is 11.5. The van der Waals surface area contributed by atoms with Gasteiger partial charge in [0.05, 0.1) is 30.6 Å². The summed E-state index contributed by atoms with van der Waals surface area (Å²) in [5, 5.41) is 35.8. The SMILES string of the molecule is COC(=O)C(CC(=O)Cc1ccc2c(c1O)C(=O)C1C(=O)[C@@]3(O)C(=O)C(C(C)=O)C(=O)C(C(C)C)[C@@]3(C)[C@H](O)[C@@]1(C)[C@@H]2C)C(C)C. The summed E-state index contributed by atoms with van der Waals surface area (Å²) in [6.45, 7) is 12.2. The zero-order valence-electron chi connectivity index (χ0n) is 27.8. The van der Waals surface area contributed by atoms with Crippen LogP contribution in [0.5, 0.6) is 5.75 Å². The van der Waals surface area contributed by atoms with E-state index in [0.29, 0.717) is 0 Å². The minimum atomic E-state index is -3.06. The summed E-state index contributed by atoms with van der Waals surface area (Å²) in [7, 11) is 1.22. The van der Waals surface area contributed by atoms with Crippen molar-refractivity contribution in [3.63, 3.8) is 0 Å². The van der Waals surface area contributed by atoms with Gasteiger partial charge in [-0.15, -0.1) is 0 Å². The number of carbonyl (C=O) groups excluding carboxylic acids is 7. The van der Waals surface area contributed by atoms with E-state index in [1.165, 1.54) is 33.1 Å². The Labute approximate surface area is 268 Å². The van der Waals surface area contributed by atoms with Gasteiger partial charge in [0.25, 0.3) is 0 Å². The molecule has 0 aliphatic heterocycles. The minimum absolute atomic E-state index is 0.0727. The van der Waals surface area contributed by atoms with Gasteiger partial charge in [-0.25, -0.2) is 0 Å². The Morgan fingerprint density at radius 1 is 1.00 bits per heavy atom. The molecule has 4 rings (SSSR count). The molecular weight excluding hydrogens is 596 g/mol. The maximum absolute atomic E-state index is 14.5. The molecule has 11 nitrogen and oxygen atoms in total. The Balaban J connectivity index is 1.87. The third-order valence-corrected chi connectivity index (χ3v) is 11.5. The first-order valence-electron chi connectivity index (χ1n) is 15.7. The number of rotatable bonds is 8. The van der Waals surface area contributed by atoms with Crippen LogP contribution in [0.15, 0.2) is 12.1 Å². The molecule has 0 saturated heterocycles. The van der Waals surface area contributed by atoms with E-state index in [-0.39, 0.29) is 35.4 Å². The zero-order chi connectivity index (χ0) is 35.0. The van der Waals surface area contributed by atoms with E-state index in [9.17, 15) is 48.9 Å². The summed E-state index contributed by atoms with van der Waals surface area (Å²) in [5.74, 6) is -14.1. The fourth-order valence-electron chi connectivity index (χ4n) is 8.81. The van der Waals surface area contributed by atoms with Gasteiger partial charge in [0.1, 0.15) is 23.2 Å². The molecular formula is C35H44O11. The van der Waals surface area contributed by atoms with Crippen molar-refractivity contribution >= 4 is 40.7 Å². The summed E-state index contributed by atoms with van der Waals surface area (Å²) in [4.78, 5) is 94.2. The summed E-state index contributed by atoms with van der Waals surface area (Å²) in [5.41, 5.74) is -6.72. The van der Waals surface area contributed by atoms with E-state index >= 15 is 0 Å². The van der Waals surface area contributed by atoms with Gasteiger partial charge in [-0.3, -0.25) is 33.6 Å². The van der Waals surface area contributed by atoms with Crippen LogP contribution in [0.3, 0.4) is 0 Å². The summed E-state index contributed by atoms with van der Waals surface area (Å²) >= 11 is 0. The number of methoxy groups -OCH3 is 1. The number of phenols is 1. The van der Waals surface area contributed by atoms with Gasteiger partial charge in [-0.1, -0.05) is 60.6 Å². The smallest absolute Gasteiger partial charge is 0.309 e. The molecule has 250 valence electrons. The fourth-order valence-corrected chi connectivity index (χ4v) is 8.81. The Morgan fingerprint density at radius 3 is 2.09 bits per heavy atom. The Morgan fingerprint density at radius 2 is 1.59 bits per heavy atom. The molecule has 11 heteroatoms. The number of hydrogen-bond acceptors (Lipinski definition) is 11. The number of aliphatic hydroxyl groups is 2. The monoisotopic (exact) mass is 640 g/mol. The number of Topliss-reactive ketones (excluding diaryl/α,β-unsaturated/α-hetero) is 6. The average molecular weight is 641 g/mol. The maximum atomic E-state index is 14.5. The molecule has 3 N–H and O–H groups in total. The maximum Gasteiger partial charge on any atom is 0.309 e. The van der Waals surface area contributed by atoms with Crippen molar-refractivity contribution in [2.24, 2.45) is 46.3 Å². The van der Waals surface area contributed by atoms with Crippen molar-refractivity contribution in [1.82, 2.24) is 0 Å². The molecule has 1 aromatic rings. The number of carbonyl (C=O) groups is 7. The van der Waals surface area contributed by atoms with Gasteiger partial charge in [0.15, 0.2) is 28.7 Å². The highest BCUT2D eigenvalue weighted by Gasteiger charge is 2.80. The molecule has 0 radical (unpaired) electrons. The molecule has 0 amide bonds. The van der Waals surface area contributed by atoms with Gasteiger partial charge in [-0.2, -0.15) is 0 Å². The van der Waals surface area contributed by atoms with Crippen LogP contribution in [0.2, 0.25) is 0 Å². The topological polar surface area (TPSA) is 189 Å². The number of benzene rings is 1. The van der Waals surface area contributed by atoms with Gasteiger partial charge < -0.3 is 20.1 Å². The zero-order valence-corrected chi connectivity index (χ0v) is 27.8. The Kier molecular flexibility index (Phi) is 8.89. The highest BCUT2D eigenvalue weighted by molar-refractivity contribution is 6.33. The number of ketones is 6. The summed E-state index contributed by atoms with van der Waals surface area (Å²) < 4.78 is 4.81. The summed E-state index contributed by atoms with van der Waals surface area (Å²) in [6, 6.07) is 3.00. The summed E-state index contributed by atoms with van der Waals surface area (Å²) in [6.07, 6.45) is -2.27. The average Bonchev–Trinajstić information content (AvgIpc) is 2.96. The van der Waals surface area contributed by atoms with Crippen LogP contribution in [0.25, 0.3) is 0 Å². The molecule has 4 unspecified atom stereocenters. The molecule has 0 bridgehead atoms. The number of hydrogen-bond donors (Lipinski definition) is 3. The van der Waals surface area contributed by atoms with Crippen molar-refractivity contribution in [2.45, 2.75) is 85.9 Å². The van der Waals surface area contributed by atoms with Gasteiger partial charge in [0.2, 0.25) is 0 Å². The lowest BCUT2D eigenvalue weighted by atomic mass is 9.37. The van der Waals surface area contributed by atoms with Crippen LogP contribution in [-0.4, -0.2) is 74.8 Å². The number of fused-ring (bicyclic) bond motifs is 3. The second-order valence-corrected chi connectivity index (χ2v) is 14.5. The fraction of sp³-hybridized carbons (Fsp3) is 0.629. The van der Waals surface area contributed by atoms with Crippen molar-refractivity contribution in [1.29, 1.82) is 0 Å². The molecule has 3 aliphatic carbocycles. The second kappa shape index (κ2) is 11.6. The third kappa shape index (κ3) is 4.48. The Bertz CT molecular complexity index is 1560. The molecule has 0 heterocycles. The second-order valence-electron chi connectivity index (χ2n) is 14.5. The Hall–Kier alpha value is -3.57. The number of aromatic hydroxyl groups is 1. The lowest BCUT2D eigenvalue weighted by Crippen LogP contribution is -2.81. The van der Waals surface area contributed by atoms with Crippen molar-refractivity contribution in [3.05, 3.63) is 28.8 Å². The molecule has 1 aromatic carbocycles. The predicted molar refractivity (Wildman–Crippen MR) is 163 cm³/mol. The van der Waals surface area contributed by atoms with Gasteiger partial charge in [0, 0.05) is 35.2 Å². The van der Waals surface area contributed by atoms with E-state index in [0.717, 1.165) is 6.92 Å².